The van der Waals surface area contributed by atoms with Gasteiger partial charge in [-0.1, -0.05) is 11.5 Å². The van der Waals surface area contributed by atoms with Crippen molar-refractivity contribution in [2.24, 2.45) is 0 Å². The van der Waals surface area contributed by atoms with Gasteiger partial charge < -0.3 is 12.9 Å². The minimum absolute atomic E-state index is 0. The van der Waals surface area contributed by atoms with E-state index in [0.29, 0.717) is 6.07 Å². The van der Waals surface area contributed by atoms with Gasteiger partial charge in [-0.15, -0.1) is 0 Å². The zero-order valence-electron chi connectivity index (χ0n) is 7.27. The third-order valence-electron chi connectivity index (χ3n) is 1.49. The zero-order valence-corrected chi connectivity index (χ0v) is 10.4. The van der Waals surface area contributed by atoms with Gasteiger partial charge in [-0.3, -0.25) is 0 Å². The van der Waals surface area contributed by atoms with E-state index in [9.17, 15) is 17.3 Å². The standard InChI is InChI=1S/C7H3BF4N.K/c9-6-2-1-5(4-13)7(3-6)8(10,11)12;/h1-3H;/q-1;+1. The number of hydrogen-bond acceptors (Lipinski definition) is 1. The Bertz CT molecular complexity index is 371. The Labute approximate surface area is 121 Å². The van der Waals surface area contributed by atoms with Crippen molar-refractivity contribution < 1.29 is 68.7 Å². The average molecular weight is 227 g/mol. The summed E-state index contributed by atoms with van der Waals surface area (Å²) < 4.78 is 48.9. The van der Waals surface area contributed by atoms with Crippen LogP contribution in [0, 0.1) is 17.1 Å². The quantitative estimate of drug-likeness (QED) is 0.434. The predicted molar refractivity (Wildman–Crippen MR) is 39.8 cm³/mol. The average Bonchev–Trinajstić information content (AvgIpc) is 2.03. The van der Waals surface area contributed by atoms with E-state index >= 15 is 0 Å². The van der Waals surface area contributed by atoms with Gasteiger partial charge in [0.25, 0.3) is 0 Å². The first-order chi connectivity index (χ1) is 5.95. The van der Waals surface area contributed by atoms with Crippen molar-refractivity contribution in [2.45, 2.75) is 0 Å². The van der Waals surface area contributed by atoms with Crippen molar-refractivity contribution in [3.8, 4) is 6.07 Å². The predicted octanol–water partition coefficient (Wildman–Crippen LogP) is -1.24. The second-order valence-corrected chi connectivity index (χ2v) is 2.42. The van der Waals surface area contributed by atoms with Crippen LogP contribution in [-0.4, -0.2) is 6.98 Å². The molecule has 0 N–H and O–H groups in total. The second kappa shape index (κ2) is 5.28. The molecule has 68 valence electrons. The van der Waals surface area contributed by atoms with Crippen molar-refractivity contribution in [2.75, 3.05) is 0 Å². The molecule has 1 aromatic rings. The number of benzene rings is 1. The summed E-state index contributed by atoms with van der Waals surface area (Å²) in [6.45, 7) is -5.32. The first-order valence-corrected chi connectivity index (χ1v) is 3.34. The summed E-state index contributed by atoms with van der Waals surface area (Å²) in [5.74, 6) is -0.992. The monoisotopic (exact) mass is 227 g/mol. The maximum absolute atomic E-state index is 12.4. The first-order valence-electron chi connectivity index (χ1n) is 3.34. The van der Waals surface area contributed by atoms with E-state index in [1.54, 1.807) is 0 Å². The van der Waals surface area contributed by atoms with E-state index in [1.807, 2.05) is 0 Å². The van der Waals surface area contributed by atoms with Crippen LogP contribution >= 0.6 is 0 Å². The summed E-state index contributed by atoms with van der Waals surface area (Å²) in [4.78, 5) is 0. The number of rotatable bonds is 1. The molecule has 0 unspecified atom stereocenters. The first kappa shape index (κ1) is 14.1. The molecule has 1 rings (SSSR count). The van der Waals surface area contributed by atoms with E-state index in [-0.39, 0.29) is 51.4 Å². The van der Waals surface area contributed by atoms with Gasteiger partial charge in [0.15, 0.2) is 0 Å². The van der Waals surface area contributed by atoms with Crippen molar-refractivity contribution in [3.05, 3.63) is 29.6 Å². The molecule has 0 saturated heterocycles. The van der Waals surface area contributed by atoms with Crippen LogP contribution in [0.15, 0.2) is 18.2 Å². The van der Waals surface area contributed by atoms with Crippen LogP contribution in [-0.2, 0) is 0 Å². The Morgan fingerprint density at radius 1 is 1.21 bits per heavy atom. The van der Waals surface area contributed by atoms with Crippen molar-refractivity contribution in [1.29, 1.82) is 5.26 Å². The molecule has 0 aliphatic carbocycles. The molecule has 0 saturated carbocycles. The van der Waals surface area contributed by atoms with Crippen LogP contribution in [0.1, 0.15) is 5.56 Å². The van der Waals surface area contributed by atoms with E-state index in [0.717, 1.165) is 12.1 Å². The van der Waals surface area contributed by atoms with Gasteiger partial charge in [0.2, 0.25) is 0 Å². The molecule has 0 amide bonds. The molecular weight excluding hydrogens is 224 g/mol. The van der Waals surface area contributed by atoms with Crippen molar-refractivity contribution in [3.63, 3.8) is 0 Å². The van der Waals surface area contributed by atoms with Gasteiger partial charge in [0, 0.05) is 5.56 Å². The summed E-state index contributed by atoms with van der Waals surface area (Å²) in [5, 5.41) is 8.31. The molecule has 0 radical (unpaired) electrons. The maximum Gasteiger partial charge on any atom is 1.00 e. The van der Waals surface area contributed by atoms with Crippen molar-refractivity contribution >= 4 is 12.4 Å². The second-order valence-electron chi connectivity index (χ2n) is 2.42. The molecule has 14 heavy (non-hydrogen) atoms. The van der Waals surface area contributed by atoms with Crippen LogP contribution in [0.3, 0.4) is 0 Å². The Balaban J connectivity index is 0.00000169. The summed E-state index contributed by atoms with van der Waals surface area (Å²) in [5.41, 5.74) is -1.73. The van der Waals surface area contributed by atoms with Crippen molar-refractivity contribution in [1.82, 2.24) is 0 Å². The fourth-order valence-corrected chi connectivity index (χ4v) is 0.906. The molecule has 0 atom stereocenters. The molecule has 0 heterocycles. The Morgan fingerprint density at radius 3 is 2.21 bits per heavy atom. The number of halogens is 4. The Hall–Kier alpha value is 0.131. The Morgan fingerprint density at radius 2 is 1.79 bits per heavy atom. The summed E-state index contributed by atoms with van der Waals surface area (Å²) in [6, 6.07) is 3.33. The van der Waals surface area contributed by atoms with E-state index in [4.69, 9.17) is 5.26 Å². The molecule has 0 spiro atoms. The van der Waals surface area contributed by atoms with Gasteiger partial charge in [-0.05, 0) is 12.1 Å². The SMILES string of the molecule is N#Cc1ccc(F)cc1[B-](F)(F)F.[K+]. The maximum atomic E-state index is 12.4. The zero-order chi connectivity index (χ0) is 10.1. The largest absolute Gasteiger partial charge is 1.00 e. The number of nitrogens with zero attached hydrogens (tertiary/aromatic N) is 1. The fraction of sp³-hybridized carbons (Fsp3) is 0. The summed E-state index contributed by atoms with van der Waals surface area (Å²) in [6.07, 6.45) is 0. The molecular formula is C7H3BF4KN. The topological polar surface area (TPSA) is 23.8 Å². The third-order valence-corrected chi connectivity index (χ3v) is 1.49. The molecule has 0 fully saturated rings. The smallest absolute Gasteiger partial charge is 0.445 e. The van der Waals surface area contributed by atoms with E-state index in [2.05, 4.69) is 0 Å². The molecule has 1 aromatic carbocycles. The summed E-state index contributed by atoms with van der Waals surface area (Å²) >= 11 is 0. The molecule has 0 aromatic heterocycles. The van der Waals surface area contributed by atoms with E-state index in [1.165, 1.54) is 6.07 Å². The van der Waals surface area contributed by atoms with Crippen LogP contribution in [0.2, 0.25) is 0 Å². The number of nitriles is 1. The van der Waals surface area contributed by atoms with Gasteiger partial charge >= 0.3 is 58.4 Å². The van der Waals surface area contributed by atoms with Crippen LogP contribution in [0.5, 0.6) is 0 Å². The van der Waals surface area contributed by atoms with Crippen LogP contribution in [0.4, 0.5) is 17.3 Å². The Kier molecular flexibility index (Phi) is 5.33. The minimum Gasteiger partial charge on any atom is -0.445 e. The van der Waals surface area contributed by atoms with Gasteiger partial charge in [0.05, 0.1) is 6.07 Å². The van der Waals surface area contributed by atoms with Gasteiger partial charge in [0.1, 0.15) is 5.82 Å². The molecule has 0 bridgehead atoms. The van der Waals surface area contributed by atoms with Gasteiger partial charge in [-0.25, -0.2) is 4.39 Å². The number of hydrogen-bond donors (Lipinski definition) is 0. The third kappa shape index (κ3) is 3.37. The molecule has 0 aliphatic rings. The van der Waals surface area contributed by atoms with Crippen LogP contribution < -0.4 is 56.8 Å². The van der Waals surface area contributed by atoms with Gasteiger partial charge in [-0.2, -0.15) is 5.26 Å². The fourth-order valence-electron chi connectivity index (χ4n) is 0.906. The molecule has 7 heteroatoms. The minimum atomic E-state index is -5.32. The normalized spacial score (nSPS) is 10.2. The summed E-state index contributed by atoms with van der Waals surface area (Å²) in [7, 11) is 0. The molecule has 0 aliphatic heterocycles. The van der Waals surface area contributed by atoms with Crippen LogP contribution in [0.25, 0.3) is 0 Å². The van der Waals surface area contributed by atoms with E-state index < -0.39 is 23.8 Å². The molecule has 1 nitrogen and oxygen atoms in total.